The normalized spacial score (nSPS) is 15.5. The van der Waals surface area contributed by atoms with Gasteiger partial charge in [0.15, 0.2) is 9.84 Å². The number of hydrogen-bond donors (Lipinski definition) is 1. The molecule has 1 aliphatic rings. The lowest BCUT2D eigenvalue weighted by Gasteiger charge is -2.34. The van der Waals surface area contributed by atoms with E-state index in [1.807, 2.05) is 30.3 Å². The first-order valence-electron chi connectivity index (χ1n) is 13.2. The number of sulfonamides is 1. The summed E-state index contributed by atoms with van der Waals surface area (Å²) in [5.74, 6) is -2.51. The molecule has 0 radical (unpaired) electrons. The van der Waals surface area contributed by atoms with Gasteiger partial charge < -0.3 is 10.5 Å². The van der Waals surface area contributed by atoms with Crippen molar-refractivity contribution >= 4 is 25.8 Å². The molecule has 9 nitrogen and oxygen atoms in total. The number of carbonyl (C=O) groups is 1. The van der Waals surface area contributed by atoms with Crippen molar-refractivity contribution in [3.05, 3.63) is 89.7 Å². The second-order valence-electron chi connectivity index (χ2n) is 10.3. The number of carbonyl (C=O) groups excluding carboxylic acids is 1. The molecule has 11 heteroatoms. The summed E-state index contributed by atoms with van der Waals surface area (Å²) in [6, 6.07) is 17.4. The Labute approximate surface area is 236 Å². The Morgan fingerprint density at radius 1 is 1.00 bits per heavy atom. The van der Waals surface area contributed by atoms with Gasteiger partial charge in [-0.1, -0.05) is 44.2 Å². The van der Waals surface area contributed by atoms with Gasteiger partial charge in [-0.15, -0.1) is 0 Å². The number of benzene rings is 2. The first kappa shape index (κ1) is 29.7. The SMILES string of the molecule is CC(CS(=O)(=O)CCc1ccncc1)C(=O)N([C@H](N)[C@@H](C)Cc1ccccc1)S(=O)(=O)c1ccc2c(c1)CCO2. The highest BCUT2D eigenvalue weighted by Crippen LogP contribution is 2.31. The molecule has 1 aliphatic heterocycles. The fraction of sp³-hybridized carbons (Fsp3) is 0.379. The molecule has 2 aromatic carbocycles. The van der Waals surface area contributed by atoms with Gasteiger partial charge in [-0.25, -0.2) is 21.1 Å². The molecule has 1 aromatic heterocycles. The lowest BCUT2D eigenvalue weighted by atomic mass is 9.98. The topological polar surface area (TPSA) is 137 Å². The van der Waals surface area contributed by atoms with E-state index in [0.717, 1.165) is 16.7 Å². The highest BCUT2D eigenvalue weighted by Gasteiger charge is 2.40. The molecular formula is C29H35N3O6S2. The largest absolute Gasteiger partial charge is 0.493 e. The minimum atomic E-state index is -4.41. The zero-order chi connectivity index (χ0) is 28.9. The van der Waals surface area contributed by atoms with E-state index < -0.39 is 49.5 Å². The Kier molecular flexibility index (Phi) is 9.27. The highest BCUT2D eigenvalue weighted by atomic mass is 32.2. The Bertz CT molecular complexity index is 1530. The van der Waals surface area contributed by atoms with Gasteiger partial charge in [0.05, 0.1) is 35.1 Å². The van der Waals surface area contributed by atoms with Gasteiger partial charge in [0.25, 0.3) is 10.0 Å². The van der Waals surface area contributed by atoms with Gasteiger partial charge in [0.1, 0.15) is 5.75 Å². The van der Waals surface area contributed by atoms with Crippen LogP contribution in [0.4, 0.5) is 0 Å². The number of aromatic nitrogens is 1. The standard InChI is InChI=1S/C29H35N3O6S2/c1-21(18-24-6-4-3-5-7-24)28(30)32(40(36,37)26-8-9-27-25(19-26)12-16-38-27)29(33)22(2)20-39(34,35)17-13-23-10-14-31-15-11-23/h3-11,14-15,19,21-22,28H,12-13,16-18,20,30H2,1-2H3/t21-,22?,28-/m0/s1. The lowest BCUT2D eigenvalue weighted by Crippen LogP contribution is -2.55. The number of hydrogen-bond acceptors (Lipinski definition) is 8. The molecule has 1 unspecified atom stereocenters. The predicted octanol–water partition coefficient (Wildman–Crippen LogP) is 2.99. The van der Waals surface area contributed by atoms with E-state index in [1.54, 1.807) is 37.5 Å². The molecule has 40 heavy (non-hydrogen) atoms. The highest BCUT2D eigenvalue weighted by molar-refractivity contribution is 7.91. The molecule has 0 spiro atoms. The van der Waals surface area contributed by atoms with Crippen LogP contribution in [0.3, 0.4) is 0 Å². The van der Waals surface area contributed by atoms with E-state index in [2.05, 4.69) is 4.98 Å². The van der Waals surface area contributed by atoms with Crippen LogP contribution in [0.15, 0.2) is 78.0 Å². The van der Waals surface area contributed by atoms with Crippen LogP contribution in [0.5, 0.6) is 5.75 Å². The number of nitrogens with two attached hydrogens (primary N) is 1. The van der Waals surface area contributed by atoms with E-state index in [0.29, 0.717) is 29.5 Å². The summed E-state index contributed by atoms with van der Waals surface area (Å²) in [5.41, 5.74) is 9.00. The van der Waals surface area contributed by atoms with Crippen LogP contribution in [0.2, 0.25) is 0 Å². The summed E-state index contributed by atoms with van der Waals surface area (Å²) in [6.45, 7) is 3.66. The minimum Gasteiger partial charge on any atom is -0.493 e. The molecule has 2 N–H and O–H groups in total. The molecule has 4 rings (SSSR count). The van der Waals surface area contributed by atoms with Crippen LogP contribution < -0.4 is 10.5 Å². The van der Waals surface area contributed by atoms with Crippen LogP contribution in [-0.4, -0.2) is 56.3 Å². The predicted molar refractivity (Wildman–Crippen MR) is 153 cm³/mol. The third kappa shape index (κ3) is 7.07. The van der Waals surface area contributed by atoms with Gasteiger partial charge in [0.2, 0.25) is 5.91 Å². The second kappa shape index (κ2) is 12.5. The smallest absolute Gasteiger partial charge is 0.267 e. The number of aryl methyl sites for hydroxylation is 1. The third-order valence-electron chi connectivity index (χ3n) is 7.07. The summed E-state index contributed by atoms with van der Waals surface area (Å²) in [4.78, 5) is 17.7. The summed E-state index contributed by atoms with van der Waals surface area (Å²) in [6.07, 6.45) is 3.19. The number of amides is 1. The van der Waals surface area contributed by atoms with Crippen molar-refractivity contribution in [1.82, 2.24) is 9.29 Å². The molecule has 0 saturated carbocycles. The van der Waals surface area contributed by atoms with Crippen molar-refractivity contribution < 1.29 is 26.4 Å². The first-order chi connectivity index (χ1) is 19.0. The van der Waals surface area contributed by atoms with Gasteiger partial charge >= 0.3 is 0 Å². The first-order valence-corrected chi connectivity index (χ1v) is 16.5. The van der Waals surface area contributed by atoms with Gasteiger partial charge in [-0.05, 0) is 65.8 Å². The van der Waals surface area contributed by atoms with Gasteiger partial charge in [-0.2, -0.15) is 0 Å². The van der Waals surface area contributed by atoms with Crippen LogP contribution in [0, 0.1) is 11.8 Å². The van der Waals surface area contributed by atoms with E-state index >= 15 is 0 Å². The second-order valence-corrected chi connectivity index (χ2v) is 14.3. The fourth-order valence-electron chi connectivity index (χ4n) is 4.78. The quantitative estimate of drug-likeness (QED) is 0.321. The number of sulfone groups is 1. The fourth-order valence-corrected chi connectivity index (χ4v) is 8.10. The van der Waals surface area contributed by atoms with E-state index in [-0.39, 0.29) is 17.1 Å². The molecule has 0 bridgehead atoms. The van der Waals surface area contributed by atoms with Gasteiger partial charge in [-0.3, -0.25) is 9.78 Å². The summed E-state index contributed by atoms with van der Waals surface area (Å²) in [5, 5.41) is 0. The summed E-state index contributed by atoms with van der Waals surface area (Å²) >= 11 is 0. The summed E-state index contributed by atoms with van der Waals surface area (Å²) in [7, 11) is -8.10. The maximum absolute atomic E-state index is 14.0. The molecule has 3 atom stereocenters. The molecule has 214 valence electrons. The van der Waals surface area contributed by atoms with Crippen LogP contribution >= 0.6 is 0 Å². The molecule has 2 heterocycles. The number of ether oxygens (including phenoxy) is 1. The van der Waals surface area contributed by atoms with Gasteiger partial charge in [0, 0.05) is 18.8 Å². The number of fused-ring (bicyclic) bond motifs is 1. The van der Waals surface area contributed by atoms with Crippen molar-refractivity contribution in [2.75, 3.05) is 18.1 Å². The van der Waals surface area contributed by atoms with Crippen molar-refractivity contribution in [2.45, 2.75) is 44.2 Å². The minimum absolute atomic E-state index is 0.0831. The van der Waals surface area contributed by atoms with Crippen molar-refractivity contribution in [2.24, 2.45) is 17.6 Å². The van der Waals surface area contributed by atoms with E-state index in [9.17, 15) is 21.6 Å². The number of nitrogens with zero attached hydrogens (tertiary/aromatic N) is 2. The monoisotopic (exact) mass is 585 g/mol. The summed E-state index contributed by atoms with van der Waals surface area (Å²) < 4.78 is 60.1. The lowest BCUT2D eigenvalue weighted by molar-refractivity contribution is -0.131. The van der Waals surface area contributed by atoms with Crippen molar-refractivity contribution in [3.8, 4) is 5.75 Å². The molecule has 0 aliphatic carbocycles. The Balaban J connectivity index is 1.60. The Morgan fingerprint density at radius 3 is 2.40 bits per heavy atom. The maximum Gasteiger partial charge on any atom is 0.267 e. The zero-order valence-corrected chi connectivity index (χ0v) is 24.3. The van der Waals surface area contributed by atoms with Crippen LogP contribution in [0.1, 0.15) is 30.5 Å². The maximum atomic E-state index is 14.0. The number of pyridine rings is 1. The van der Waals surface area contributed by atoms with E-state index in [1.165, 1.54) is 19.1 Å². The van der Waals surface area contributed by atoms with Crippen molar-refractivity contribution in [3.63, 3.8) is 0 Å². The zero-order valence-electron chi connectivity index (χ0n) is 22.6. The molecule has 0 fully saturated rings. The van der Waals surface area contributed by atoms with Crippen LogP contribution in [-0.2, 0) is 43.9 Å². The molecule has 0 saturated heterocycles. The third-order valence-corrected chi connectivity index (χ3v) is 10.7. The Hall–Kier alpha value is -3.28. The molecule has 1 amide bonds. The average Bonchev–Trinajstić information content (AvgIpc) is 3.41. The average molecular weight is 586 g/mol. The Morgan fingerprint density at radius 2 is 1.70 bits per heavy atom. The molecule has 3 aromatic rings. The van der Waals surface area contributed by atoms with E-state index in [4.69, 9.17) is 10.5 Å². The molecular weight excluding hydrogens is 550 g/mol. The van der Waals surface area contributed by atoms with Crippen LogP contribution in [0.25, 0.3) is 0 Å². The number of rotatable bonds is 12. The van der Waals surface area contributed by atoms with Crippen molar-refractivity contribution in [1.29, 1.82) is 0 Å².